The van der Waals surface area contributed by atoms with Gasteiger partial charge in [0.25, 0.3) is 5.95 Å². The van der Waals surface area contributed by atoms with E-state index in [1.807, 2.05) is 14.1 Å². The Morgan fingerprint density at radius 3 is 2.88 bits per heavy atom. The molecule has 1 saturated heterocycles. The molecule has 130 valence electrons. The van der Waals surface area contributed by atoms with Gasteiger partial charge in [-0.1, -0.05) is 18.3 Å². The molecule has 3 atom stereocenters. The van der Waals surface area contributed by atoms with E-state index in [1.165, 1.54) is 18.1 Å². The number of fused-ring (bicyclic) bond motifs is 1. The molecular weight excluding hydrogens is 334 g/mol. The van der Waals surface area contributed by atoms with Gasteiger partial charge in [0, 0.05) is 20.5 Å². The van der Waals surface area contributed by atoms with E-state index in [0.29, 0.717) is 22.2 Å². The predicted octanol–water partition coefficient (Wildman–Crippen LogP) is 0.255. The van der Waals surface area contributed by atoms with Crippen LogP contribution in [0.4, 0.5) is 11.8 Å². The maximum atomic E-state index is 10.1. The molecule has 0 amide bonds. The van der Waals surface area contributed by atoms with E-state index in [-0.39, 0.29) is 18.4 Å². The van der Waals surface area contributed by atoms with Crippen LogP contribution in [0.2, 0.25) is 0 Å². The lowest BCUT2D eigenvalue weighted by atomic mass is 10.2. The summed E-state index contributed by atoms with van der Waals surface area (Å²) in [5.41, 5.74) is 0. The van der Waals surface area contributed by atoms with E-state index >= 15 is 0 Å². The molecule has 9 nitrogen and oxygen atoms in total. The zero-order valence-electron chi connectivity index (χ0n) is 13.3. The van der Waals surface area contributed by atoms with E-state index in [1.54, 1.807) is 9.80 Å². The van der Waals surface area contributed by atoms with Crippen molar-refractivity contribution in [3.63, 3.8) is 0 Å². The van der Waals surface area contributed by atoms with Crippen molar-refractivity contribution in [1.82, 2.24) is 14.9 Å². The van der Waals surface area contributed by atoms with E-state index in [2.05, 4.69) is 21.5 Å². The second-order valence-corrected chi connectivity index (χ2v) is 6.77. The summed E-state index contributed by atoms with van der Waals surface area (Å²) in [5.74, 6) is 0.355. The quantitative estimate of drug-likeness (QED) is 0.518. The maximum Gasteiger partial charge on any atom is 0.256 e. The molecule has 3 rings (SSSR count). The first-order valence-corrected chi connectivity index (χ1v) is 8.14. The normalized spacial score (nSPS) is 26.4. The fraction of sp³-hybridized carbons (Fsp3) is 0.500. The monoisotopic (exact) mass is 353 g/mol. The van der Waals surface area contributed by atoms with Crippen molar-refractivity contribution in [1.29, 1.82) is 0 Å². The first-order chi connectivity index (χ1) is 11.4. The molecule has 0 aliphatic carbocycles. The number of nitrogens with zero attached hydrogens (tertiary/aromatic N) is 5. The summed E-state index contributed by atoms with van der Waals surface area (Å²) in [4.78, 5) is 16.3. The molecule has 0 unspecified atom stereocenters. The highest BCUT2D eigenvalue weighted by atomic mass is 32.2. The van der Waals surface area contributed by atoms with Gasteiger partial charge in [0.1, 0.15) is 17.2 Å². The third-order valence-electron chi connectivity index (χ3n) is 3.61. The molecule has 0 saturated carbocycles. The third kappa shape index (κ3) is 3.05. The smallest absolute Gasteiger partial charge is 0.256 e. The first kappa shape index (κ1) is 17.0. The molecule has 10 heteroatoms. The van der Waals surface area contributed by atoms with Crippen LogP contribution >= 0.6 is 11.8 Å². The molecule has 0 bridgehead atoms. The molecule has 1 fully saturated rings. The van der Waals surface area contributed by atoms with Gasteiger partial charge in [-0.25, -0.2) is 4.99 Å². The zero-order chi connectivity index (χ0) is 17.4. The van der Waals surface area contributed by atoms with Crippen LogP contribution in [0.25, 0.3) is 0 Å². The minimum atomic E-state index is -0.775. The number of anilines is 1. The summed E-state index contributed by atoms with van der Waals surface area (Å²) < 4.78 is 5.68. The Morgan fingerprint density at radius 2 is 2.25 bits per heavy atom. The van der Waals surface area contributed by atoms with E-state index in [9.17, 15) is 15.3 Å². The van der Waals surface area contributed by atoms with Crippen molar-refractivity contribution < 1.29 is 20.1 Å². The largest absolute Gasteiger partial charge is 0.492 e. The Kier molecular flexibility index (Phi) is 4.63. The molecule has 1 aromatic heterocycles. The van der Waals surface area contributed by atoms with Gasteiger partial charge in [0.05, 0.1) is 24.1 Å². The second kappa shape index (κ2) is 6.55. The van der Waals surface area contributed by atoms with Gasteiger partial charge in [-0.15, -0.1) is 0 Å². The highest BCUT2D eigenvalue weighted by Gasteiger charge is 2.42. The third-order valence-corrected chi connectivity index (χ3v) is 4.61. The Balaban J connectivity index is 1.94. The Labute approximate surface area is 143 Å². The lowest BCUT2D eigenvalue weighted by Gasteiger charge is -2.25. The number of hydrogen-bond acceptors (Lipinski definition) is 9. The number of aromatic hydroxyl groups is 1. The van der Waals surface area contributed by atoms with E-state index in [4.69, 9.17) is 4.74 Å². The van der Waals surface area contributed by atoms with Gasteiger partial charge >= 0.3 is 0 Å². The number of aromatic nitrogens is 2. The lowest BCUT2D eigenvalue weighted by molar-refractivity contribution is -0.0204. The number of aliphatic hydroxyl groups is 2. The predicted molar refractivity (Wildman–Crippen MR) is 89.4 cm³/mol. The fourth-order valence-electron chi connectivity index (χ4n) is 2.51. The van der Waals surface area contributed by atoms with Crippen molar-refractivity contribution in [2.45, 2.75) is 29.8 Å². The average Bonchev–Trinajstić information content (AvgIpc) is 3.04. The van der Waals surface area contributed by atoms with Crippen molar-refractivity contribution in [2.24, 2.45) is 4.99 Å². The molecule has 2 aliphatic rings. The van der Waals surface area contributed by atoms with Gasteiger partial charge in [0.15, 0.2) is 5.82 Å². The van der Waals surface area contributed by atoms with E-state index in [0.717, 1.165) is 0 Å². The van der Waals surface area contributed by atoms with Crippen molar-refractivity contribution >= 4 is 29.9 Å². The minimum absolute atomic E-state index is 0.109. The molecule has 1 aromatic rings. The minimum Gasteiger partial charge on any atom is -0.492 e. The summed E-state index contributed by atoms with van der Waals surface area (Å²) in [6.45, 7) is 3.68. The molecule has 24 heavy (non-hydrogen) atoms. The summed E-state index contributed by atoms with van der Waals surface area (Å²) in [7, 11) is 3.62. The molecular formula is C14H19N5O4S. The molecule has 2 aliphatic heterocycles. The van der Waals surface area contributed by atoms with Crippen LogP contribution in [0.15, 0.2) is 21.5 Å². The second-order valence-electron chi connectivity index (χ2n) is 5.69. The van der Waals surface area contributed by atoms with E-state index < -0.39 is 18.4 Å². The lowest BCUT2D eigenvalue weighted by Crippen LogP contribution is -2.32. The van der Waals surface area contributed by atoms with Crippen LogP contribution in [0.3, 0.4) is 0 Å². The number of thioether (sulfide) groups is 1. The number of aliphatic hydroxyl groups excluding tert-OH is 2. The van der Waals surface area contributed by atoms with Crippen molar-refractivity contribution in [2.75, 3.05) is 25.6 Å². The van der Waals surface area contributed by atoms with Crippen molar-refractivity contribution in [3.05, 3.63) is 11.6 Å². The van der Waals surface area contributed by atoms with Crippen LogP contribution in [0.5, 0.6) is 5.88 Å². The van der Waals surface area contributed by atoms with Crippen LogP contribution < -0.4 is 4.90 Å². The summed E-state index contributed by atoms with van der Waals surface area (Å²) >= 11 is 1.23. The van der Waals surface area contributed by atoms with Crippen LogP contribution in [0.1, 0.15) is 6.42 Å². The highest BCUT2D eigenvalue weighted by molar-refractivity contribution is 8.03. The molecule has 3 heterocycles. The van der Waals surface area contributed by atoms with Gasteiger partial charge in [-0.05, 0) is 0 Å². The summed E-state index contributed by atoms with van der Waals surface area (Å²) in [6, 6.07) is 0. The number of hydrogen-bond donors (Lipinski definition) is 3. The summed E-state index contributed by atoms with van der Waals surface area (Å²) in [6.07, 6.45) is -0.133. The highest BCUT2D eigenvalue weighted by Crippen LogP contribution is 2.50. The SMILES string of the molecule is C=C1Sc2c(O)nc(/N=C\N(C)C)nc2N1[C@H]1C[C@H](O)[C@@H](CO)O1. The molecule has 0 spiro atoms. The first-order valence-electron chi connectivity index (χ1n) is 7.32. The number of ether oxygens (including phenoxy) is 1. The van der Waals surface area contributed by atoms with Gasteiger partial charge in [0.2, 0.25) is 5.88 Å². The van der Waals surface area contributed by atoms with Gasteiger partial charge in [-0.3, -0.25) is 4.90 Å². The topological polar surface area (TPSA) is 115 Å². The van der Waals surface area contributed by atoms with Crippen LogP contribution in [-0.2, 0) is 4.74 Å². The number of aliphatic imine (C=N–C) groups is 1. The van der Waals surface area contributed by atoms with Gasteiger partial charge in [-0.2, -0.15) is 9.97 Å². The Hall–Kier alpha value is -1.88. The molecule has 0 aromatic carbocycles. The van der Waals surface area contributed by atoms with Gasteiger partial charge < -0.3 is 25.0 Å². The zero-order valence-corrected chi connectivity index (χ0v) is 14.1. The van der Waals surface area contributed by atoms with Crippen molar-refractivity contribution in [3.8, 4) is 5.88 Å². The Morgan fingerprint density at radius 1 is 1.50 bits per heavy atom. The standard InChI is InChI=1S/C14H19N5O4S/c1-7-19(10-4-8(21)9(5-20)23-10)12-11(24-7)13(22)17-14(16-12)15-6-18(2)3/h6,8-10,20-21H,1,4-5H2,2-3H3,(H,16,17,22)/b15-6-/t8-,9+,10+/m0/s1. The summed E-state index contributed by atoms with van der Waals surface area (Å²) in [5, 5.41) is 29.9. The molecule has 3 N–H and O–H groups in total. The average molecular weight is 353 g/mol. The van der Waals surface area contributed by atoms with Crippen LogP contribution in [0, 0.1) is 0 Å². The number of rotatable bonds is 4. The maximum absolute atomic E-state index is 10.1. The Bertz CT molecular complexity index is 683. The molecule has 0 radical (unpaired) electrons. The van der Waals surface area contributed by atoms with Crippen LogP contribution in [-0.4, -0.2) is 75.7 Å². The fourth-order valence-corrected chi connectivity index (χ4v) is 3.43.